The smallest absolute Gasteiger partial charge is 0.119 e. The predicted molar refractivity (Wildman–Crippen MR) is 81.6 cm³/mol. The summed E-state index contributed by atoms with van der Waals surface area (Å²) in [6.07, 6.45) is -0.443. The van der Waals surface area contributed by atoms with Gasteiger partial charge in [0, 0.05) is 52.5 Å². The lowest BCUT2D eigenvalue weighted by atomic mass is 10.3. The first-order valence-electron chi connectivity index (χ1n) is 7.16. The maximum Gasteiger partial charge on any atom is 0.119 e. The van der Waals surface area contributed by atoms with Crippen LogP contribution in [-0.4, -0.2) is 69.5 Å². The fourth-order valence-electron chi connectivity index (χ4n) is 2.28. The van der Waals surface area contributed by atoms with Gasteiger partial charge in [-0.1, -0.05) is 0 Å². The predicted octanol–water partition coefficient (Wildman–Crippen LogP) is 0.398. The molecule has 1 aromatic rings. The molecule has 0 spiro atoms. The van der Waals surface area contributed by atoms with Crippen LogP contribution in [0.25, 0.3) is 0 Å². The summed E-state index contributed by atoms with van der Waals surface area (Å²) >= 11 is 0. The highest BCUT2D eigenvalue weighted by Crippen LogP contribution is 2.17. The van der Waals surface area contributed by atoms with Gasteiger partial charge in [0.1, 0.15) is 18.5 Å². The minimum absolute atomic E-state index is 0.339. The van der Waals surface area contributed by atoms with Gasteiger partial charge in [-0.2, -0.15) is 0 Å². The molecule has 2 N–H and O–H groups in total. The average Bonchev–Trinajstić information content (AvgIpc) is 2.46. The lowest BCUT2D eigenvalue weighted by Crippen LogP contribution is -2.47. The molecule has 5 heteroatoms. The number of nitrogens with one attached hydrogen (secondary N) is 1. The minimum atomic E-state index is -0.443. The van der Waals surface area contributed by atoms with Crippen LogP contribution in [0.4, 0.5) is 5.69 Å². The third kappa shape index (κ3) is 4.67. The van der Waals surface area contributed by atoms with E-state index in [1.165, 1.54) is 0 Å². The number of piperazine rings is 1. The Morgan fingerprint density at radius 3 is 2.50 bits per heavy atom. The Balaban J connectivity index is 1.73. The quantitative estimate of drug-likeness (QED) is 0.789. The van der Waals surface area contributed by atoms with Gasteiger partial charge in [-0.05, 0) is 24.3 Å². The van der Waals surface area contributed by atoms with Crippen LogP contribution in [0.1, 0.15) is 0 Å². The van der Waals surface area contributed by atoms with E-state index in [1.54, 1.807) is 0 Å². The molecule has 0 amide bonds. The SMILES string of the molecule is CN(C)c1ccc(OCC(O)CN2CCNCC2)cc1. The first-order valence-corrected chi connectivity index (χ1v) is 7.16. The third-order valence-corrected chi connectivity index (χ3v) is 3.47. The van der Waals surface area contributed by atoms with Crippen LogP contribution in [0.5, 0.6) is 5.75 Å². The zero-order valence-electron chi connectivity index (χ0n) is 12.4. The van der Waals surface area contributed by atoms with E-state index in [4.69, 9.17) is 4.74 Å². The second kappa shape index (κ2) is 7.47. The van der Waals surface area contributed by atoms with Crippen molar-refractivity contribution in [1.29, 1.82) is 0 Å². The molecule has 112 valence electrons. The lowest BCUT2D eigenvalue weighted by molar-refractivity contribution is 0.0641. The van der Waals surface area contributed by atoms with Gasteiger partial charge in [-0.3, -0.25) is 4.90 Å². The van der Waals surface area contributed by atoms with Gasteiger partial charge >= 0.3 is 0 Å². The molecular formula is C15H25N3O2. The van der Waals surface area contributed by atoms with E-state index in [9.17, 15) is 5.11 Å². The van der Waals surface area contributed by atoms with Crippen molar-refractivity contribution < 1.29 is 9.84 Å². The van der Waals surface area contributed by atoms with Crippen LogP contribution < -0.4 is 15.0 Å². The average molecular weight is 279 g/mol. The van der Waals surface area contributed by atoms with Crippen LogP contribution in [0.15, 0.2) is 24.3 Å². The highest BCUT2D eigenvalue weighted by molar-refractivity contribution is 5.47. The van der Waals surface area contributed by atoms with Gasteiger partial charge in [-0.25, -0.2) is 0 Å². The molecule has 5 nitrogen and oxygen atoms in total. The van der Waals surface area contributed by atoms with Crippen molar-refractivity contribution in [1.82, 2.24) is 10.2 Å². The standard InChI is InChI=1S/C15H25N3O2/c1-17(2)13-3-5-15(6-4-13)20-12-14(19)11-18-9-7-16-8-10-18/h3-6,14,16,19H,7-12H2,1-2H3. The summed E-state index contributed by atoms with van der Waals surface area (Å²) in [5, 5.41) is 13.3. The number of benzene rings is 1. The van der Waals surface area contributed by atoms with Crippen molar-refractivity contribution >= 4 is 5.69 Å². The third-order valence-electron chi connectivity index (χ3n) is 3.47. The molecule has 1 fully saturated rings. The molecule has 1 aliphatic heterocycles. The second-order valence-electron chi connectivity index (χ2n) is 5.40. The van der Waals surface area contributed by atoms with Gasteiger partial charge in [0.05, 0.1) is 0 Å². The largest absolute Gasteiger partial charge is 0.491 e. The summed E-state index contributed by atoms with van der Waals surface area (Å²) < 4.78 is 5.63. The van der Waals surface area contributed by atoms with E-state index in [2.05, 4.69) is 10.2 Å². The van der Waals surface area contributed by atoms with Gasteiger partial charge in [-0.15, -0.1) is 0 Å². The normalized spacial score (nSPS) is 17.8. The highest BCUT2D eigenvalue weighted by Gasteiger charge is 2.14. The van der Waals surface area contributed by atoms with Crippen LogP contribution in [-0.2, 0) is 0 Å². The molecule has 1 aliphatic rings. The Bertz CT molecular complexity index is 389. The molecule has 0 bridgehead atoms. The molecule has 1 atom stereocenters. The van der Waals surface area contributed by atoms with Crippen LogP contribution >= 0.6 is 0 Å². The zero-order valence-corrected chi connectivity index (χ0v) is 12.4. The molecule has 0 aromatic heterocycles. The first-order chi connectivity index (χ1) is 9.65. The van der Waals surface area contributed by atoms with Crippen molar-refractivity contribution in [2.75, 3.05) is 58.3 Å². The molecule has 20 heavy (non-hydrogen) atoms. The van der Waals surface area contributed by atoms with E-state index in [0.717, 1.165) is 37.6 Å². The van der Waals surface area contributed by atoms with E-state index >= 15 is 0 Å². The lowest BCUT2D eigenvalue weighted by Gasteiger charge is -2.29. The Kier molecular flexibility index (Phi) is 5.64. The van der Waals surface area contributed by atoms with Gasteiger partial charge < -0.3 is 20.1 Å². The second-order valence-corrected chi connectivity index (χ2v) is 5.40. The van der Waals surface area contributed by atoms with E-state index in [1.807, 2.05) is 43.3 Å². The Morgan fingerprint density at radius 2 is 1.90 bits per heavy atom. The Morgan fingerprint density at radius 1 is 1.25 bits per heavy atom. The highest BCUT2D eigenvalue weighted by atomic mass is 16.5. The summed E-state index contributed by atoms with van der Waals surface area (Å²) in [6, 6.07) is 7.90. The number of nitrogens with zero attached hydrogens (tertiary/aromatic N) is 2. The van der Waals surface area contributed by atoms with Crippen molar-refractivity contribution in [3.8, 4) is 5.75 Å². The zero-order chi connectivity index (χ0) is 14.4. The van der Waals surface area contributed by atoms with Gasteiger partial charge in [0.2, 0.25) is 0 Å². The molecule has 0 saturated carbocycles. The van der Waals surface area contributed by atoms with E-state index in [0.29, 0.717) is 13.2 Å². The summed E-state index contributed by atoms with van der Waals surface area (Å²) in [4.78, 5) is 4.31. The molecule has 2 rings (SSSR count). The number of β-amino-alcohol motifs (C(OH)–C–C–N with tert-alkyl or cyclic N) is 1. The van der Waals surface area contributed by atoms with Gasteiger partial charge in [0.15, 0.2) is 0 Å². The summed E-state index contributed by atoms with van der Waals surface area (Å²) in [6.45, 7) is 5.00. The van der Waals surface area contributed by atoms with Crippen LogP contribution in [0.2, 0.25) is 0 Å². The number of hydrogen-bond acceptors (Lipinski definition) is 5. The number of aliphatic hydroxyl groups excluding tert-OH is 1. The van der Waals surface area contributed by atoms with E-state index < -0.39 is 6.10 Å². The minimum Gasteiger partial charge on any atom is -0.491 e. The van der Waals surface area contributed by atoms with Gasteiger partial charge in [0.25, 0.3) is 0 Å². The fourth-order valence-corrected chi connectivity index (χ4v) is 2.28. The Hall–Kier alpha value is -1.30. The monoisotopic (exact) mass is 279 g/mol. The number of aliphatic hydroxyl groups is 1. The molecular weight excluding hydrogens is 254 g/mol. The Labute approximate surface area is 121 Å². The molecule has 0 aliphatic carbocycles. The first kappa shape index (κ1) is 15.1. The molecule has 1 aromatic carbocycles. The maximum absolute atomic E-state index is 10.0. The molecule has 1 unspecified atom stereocenters. The van der Waals surface area contributed by atoms with Crippen LogP contribution in [0.3, 0.4) is 0 Å². The van der Waals surface area contributed by atoms with Crippen molar-refractivity contribution in [3.63, 3.8) is 0 Å². The van der Waals surface area contributed by atoms with Crippen molar-refractivity contribution in [3.05, 3.63) is 24.3 Å². The van der Waals surface area contributed by atoms with E-state index in [-0.39, 0.29) is 0 Å². The summed E-state index contributed by atoms with van der Waals surface area (Å²) in [5.41, 5.74) is 1.14. The molecule has 1 saturated heterocycles. The fraction of sp³-hybridized carbons (Fsp3) is 0.600. The molecule has 1 heterocycles. The van der Waals surface area contributed by atoms with Crippen LogP contribution in [0, 0.1) is 0 Å². The maximum atomic E-state index is 10.0. The number of rotatable bonds is 6. The number of hydrogen-bond donors (Lipinski definition) is 2. The number of ether oxygens (including phenoxy) is 1. The van der Waals surface area contributed by atoms with Crippen molar-refractivity contribution in [2.45, 2.75) is 6.10 Å². The summed E-state index contributed by atoms with van der Waals surface area (Å²) in [5.74, 6) is 0.801. The van der Waals surface area contributed by atoms with Crippen molar-refractivity contribution in [2.24, 2.45) is 0 Å². The topological polar surface area (TPSA) is 48.0 Å². The number of anilines is 1. The summed E-state index contributed by atoms with van der Waals surface area (Å²) in [7, 11) is 4.01. The molecule has 0 radical (unpaired) electrons.